The lowest BCUT2D eigenvalue weighted by Crippen LogP contribution is -2.45. The molecule has 88 valence electrons. The Labute approximate surface area is 91.5 Å². The third kappa shape index (κ3) is 2.98. The van der Waals surface area contributed by atoms with E-state index < -0.39 is 29.8 Å². The fourth-order valence-corrected chi connectivity index (χ4v) is 1.08. The van der Waals surface area contributed by atoms with Gasteiger partial charge in [0.1, 0.15) is 18.3 Å². The number of rotatable bonds is 3. The van der Waals surface area contributed by atoms with E-state index in [0.29, 0.717) is 6.07 Å². The molecule has 0 saturated heterocycles. The van der Waals surface area contributed by atoms with Crippen LogP contribution in [0.4, 0.5) is 13.2 Å². The van der Waals surface area contributed by atoms with Gasteiger partial charge in [-0.1, -0.05) is 0 Å². The minimum atomic E-state index is -1.07. The largest absolute Gasteiger partial charge is 0.344 e. The molecule has 0 atom stereocenters. The first kappa shape index (κ1) is 12.5. The predicted molar refractivity (Wildman–Crippen MR) is 53.9 cm³/mol. The topological polar surface area (TPSA) is 29.1 Å². The number of alkyl halides is 1. The Bertz CT molecular complexity index is 404. The lowest BCUT2D eigenvalue weighted by atomic mass is 10.1. The van der Waals surface area contributed by atoms with Gasteiger partial charge in [-0.3, -0.25) is 4.79 Å². The molecule has 1 aromatic rings. The number of benzene rings is 1. The number of carbonyl (C=O) groups is 1. The van der Waals surface area contributed by atoms with Crippen molar-refractivity contribution < 1.29 is 18.0 Å². The summed E-state index contributed by atoms with van der Waals surface area (Å²) in [7, 11) is 0. The lowest BCUT2D eigenvalue weighted by molar-refractivity contribution is 0.0895. The van der Waals surface area contributed by atoms with Crippen LogP contribution in [-0.4, -0.2) is 18.1 Å². The normalized spacial score (nSPS) is 11.3. The Morgan fingerprint density at radius 3 is 2.50 bits per heavy atom. The first-order valence-electron chi connectivity index (χ1n) is 4.69. The van der Waals surface area contributed by atoms with Crippen LogP contribution in [0.2, 0.25) is 0 Å². The summed E-state index contributed by atoms with van der Waals surface area (Å²) in [6.07, 6.45) is 0. The summed E-state index contributed by atoms with van der Waals surface area (Å²) in [5.74, 6) is -2.49. The van der Waals surface area contributed by atoms with Crippen LogP contribution in [0, 0.1) is 11.6 Å². The third-order valence-electron chi connectivity index (χ3n) is 1.96. The molecule has 0 radical (unpaired) electrons. The van der Waals surface area contributed by atoms with Crippen molar-refractivity contribution in [2.75, 3.05) is 6.67 Å². The molecule has 16 heavy (non-hydrogen) atoms. The highest BCUT2D eigenvalue weighted by atomic mass is 19.1. The summed E-state index contributed by atoms with van der Waals surface area (Å²) in [4.78, 5) is 11.5. The fraction of sp³-hybridized carbons (Fsp3) is 0.364. The Balaban J connectivity index is 2.89. The highest BCUT2D eigenvalue weighted by molar-refractivity contribution is 5.94. The summed E-state index contributed by atoms with van der Waals surface area (Å²) in [6.45, 7) is 2.15. The van der Waals surface area contributed by atoms with Gasteiger partial charge in [0.25, 0.3) is 5.91 Å². The number of carbonyl (C=O) groups excluding carboxylic acids is 1. The van der Waals surface area contributed by atoms with Crippen LogP contribution in [-0.2, 0) is 0 Å². The van der Waals surface area contributed by atoms with Crippen molar-refractivity contribution in [3.05, 3.63) is 35.4 Å². The molecule has 0 aliphatic carbocycles. The third-order valence-corrected chi connectivity index (χ3v) is 1.96. The maximum Gasteiger partial charge on any atom is 0.254 e. The van der Waals surface area contributed by atoms with Crippen LogP contribution in [0.1, 0.15) is 24.2 Å². The Morgan fingerprint density at radius 1 is 1.38 bits per heavy atom. The highest BCUT2D eigenvalue weighted by Gasteiger charge is 2.22. The average molecular weight is 231 g/mol. The molecular formula is C11H12F3NO. The molecule has 0 aliphatic rings. The molecule has 1 aromatic carbocycles. The van der Waals surface area contributed by atoms with Gasteiger partial charge in [-0.2, -0.15) is 0 Å². The number of nitrogens with one attached hydrogen (secondary N) is 1. The van der Waals surface area contributed by atoms with Gasteiger partial charge < -0.3 is 5.32 Å². The van der Waals surface area contributed by atoms with E-state index in [-0.39, 0.29) is 5.56 Å². The SMILES string of the molecule is CC(C)(CF)NC(=O)c1ccc(F)cc1F. The van der Waals surface area contributed by atoms with Gasteiger partial charge in [0.15, 0.2) is 0 Å². The van der Waals surface area contributed by atoms with Crippen molar-refractivity contribution >= 4 is 5.91 Å². The van der Waals surface area contributed by atoms with E-state index in [1.807, 2.05) is 0 Å². The average Bonchev–Trinajstić information content (AvgIpc) is 2.16. The quantitative estimate of drug-likeness (QED) is 0.850. The van der Waals surface area contributed by atoms with E-state index in [9.17, 15) is 18.0 Å². The van der Waals surface area contributed by atoms with Gasteiger partial charge in [-0.25, -0.2) is 13.2 Å². The smallest absolute Gasteiger partial charge is 0.254 e. The molecule has 0 fully saturated rings. The first-order valence-corrected chi connectivity index (χ1v) is 4.69. The van der Waals surface area contributed by atoms with Crippen molar-refractivity contribution in [3.63, 3.8) is 0 Å². The summed E-state index contributed by atoms with van der Waals surface area (Å²) in [5.41, 5.74) is -1.37. The molecule has 0 spiro atoms. The maximum atomic E-state index is 13.2. The standard InChI is InChI=1S/C11H12F3NO/c1-11(2,6-12)15-10(16)8-4-3-7(13)5-9(8)14/h3-5H,6H2,1-2H3,(H,15,16). The summed E-state index contributed by atoms with van der Waals surface area (Å²) in [6, 6.07) is 2.60. The van der Waals surface area contributed by atoms with Gasteiger partial charge in [0, 0.05) is 6.07 Å². The fourth-order valence-electron chi connectivity index (χ4n) is 1.08. The Morgan fingerprint density at radius 2 is 2.00 bits per heavy atom. The van der Waals surface area contributed by atoms with E-state index in [4.69, 9.17) is 0 Å². The number of amides is 1. The molecule has 0 aliphatic heterocycles. The predicted octanol–water partition coefficient (Wildman–Crippen LogP) is 2.44. The van der Waals surface area contributed by atoms with Crippen LogP contribution >= 0.6 is 0 Å². The highest BCUT2D eigenvalue weighted by Crippen LogP contribution is 2.11. The summed E-state index contributed by atoms with van der Waals surface area (Å²) in [5, 5.41) is 2.31. The molecule has 1 N–H and O–H groups in total. The molecule has 2 nitrogen and oxygen atoms in total. The van der Waals surface area contributed by atoms with Crippen LogP contribution < -0.4 is 5.32 Å². The molecule has 0 saturated carbocycles. The number of hydrogen-bond donors (Lipinski definition) is 1. The second-order valence-electron chi connectivity index (χ2n) is 4.10. The molecule has 0 heterocycles. The van der Waals surface area contributed by atoms with E-state index >= 15 is 0 Å². The first-order chi connectivity index (χ1) is 7.35. The van der Waals surface area contributed by atoms with E-state index in [2.05, 4.69) is 5.32 Å². The van der Waals surface area contributed by atoms with E-state index in [1.54, 1.807) is 0 Å². The van der Waals surface area contributed by atoms with Crippen molar-refractivity contribution in [2.45, 2.75) is 19.4 Å². The second kappa shape index (κ2) is 4.55. The molecule has 1 rings (SSSR count). The number of halogens is 3. The van der Waals surface area contributed by atoms with Gasteiger partial charge >= 0.3 is 0 Å². The van der Waals surface area contributed by atoms with Gasteiger partial charge in [0.2, 0.25) is 0 Å². The zero-order valence-corrected chi connectivity index (χ0v) is 8.98. The van der Waals surface area contributed by atoms with Crippen LogP contribution in [0.5, 0.6) is 0 Å². The van der Waals surface area contributed by atoms with Crippen LogP contribution in [0.3, 0.4) is 0 Å². The Kier molecular flexibility index (Phi) is 3.57. The van der Waals surface area contributed by atoms with Crippen molar-refractivity contribution in [3.8, 4) is 0 Å². The van der Waals surface area contributed by atoms with Gasteiger partial charge in [-0.05, 0) is 26.0 Å². The molecule has 0 unspecified atom stereocenters. The van der Waals surface area contributed by atoms with Crippen LogP contribution in [0.25, 0.3) is 0 Å². The molecule has 1 amide bonds. The minimum absolute atomic E-state index is 0.303. The number of hydrogen-bond acceptors (Lipinski definition) is 1. The summed E-state index contributed by atoms with van der Waals surface area (Å²) >= 11 is 0. The minimum Gasteiger partial charge on any atom is -0.344 e. The maximum absolute atomic E-state index is 13.2. The zero-order valence-electron chi connectivity index (χ0n) is 8.98. The lowest BCUT2D eigenvalue weighted by Gasteiger charge is -2.22. The zero-order chi connectivity index (χ0) is 12.3. The molecule has 0 aromatic heterocycles. The molecular weight excluding hydrogens is 219 g/mol. The Hall–Kier alpha value is -1.52. The summed E-state index contributed by atoms with van der Waals surface area (Å²) < 4.78 is 38.2. The monoisotopic (exact) mass is 231 g/mol. The van der Waals surface area contributed by atoms with Crippen LogP contribution in [0.15, 0.2) is 18.2 Å². The van der Waals surface area contributed by atoms with Crippen molar-refractivity contribution in [1.29, 1.82) is 0 Å². The van der Waals surface area contributed by atoms with E-state index in [1.165, 1.54) is 13.8 Å². The molecule has 5 heteroatoms. The van der Waals surface area contributed by atoms with Gasteiger partial charge in [0.05, 0.1) is 11.1 Å². The van der Waals surface area contributed by atoms with E-state index in [0.717, 1.165) is 12.1 Å². The van der Waals surface area contributed by atoms with Gasteiger partial charge in [-0.15, -0.1) is 0 Å². The molecule has 0 bridgehead atoms. The van der Waals surface area contributed by atoms with Crippen molar-refractivity contribution in [2.24, 2.45) is 0 Å². The second-order valence-corrected chi connectivity index (χ2v) is 4.10. The van der Waals surface area contributed by atoms with Crippen molar-refractivity contribution in [1.82, 2.24) is 5.32 Å².